The first-order chi connectivity index (χ1) is 7.44. The summed E-state index contributed by atoms with van der Waals surface area (Å²) in [6, 6.07) is 6.91. The SMILES string of the molecule is CC(C)(CO)COB(O)c1cccc(N)c1.Cl. The molecule has 0 heterocycles. The van der Waals surface area contributed by atoms with Crippen molar-refractivity contribution in [3.05, 3.63) is 24.3 Å². The Balaban J connectivity index is 0.00000256. The second-order valence-electron chi connectivity index (χ2n) is 4.66. The van der Waals surface area contributed by atoms with Gasteiger partial charge >= 0.3 is 7.12 Å². The largest absolute Gasteiger partial charge is 0.491 e. The fraction of sp³-hybridized carbons (Fsp3) is 0.455. The van der Waals surface area contributed by atoms with E-state index in [4.69, 9.17) is 15.5 Å². The zero-order chi connectivity index (χ0) is 12.2. The first-order valence-corrected chi connectivity index (χ1v) is 5.20. The van der Waals surface area contributed by atoms with Gasteiger partial charge in [-0.25, -0.2) is 0 Å². The molecule has 6 heteroatoms. The number of aliphatic hydroxyl groups is 1. The third kappa shape index (κ3) is 5.41. The minimum Gasteiger partial charge on any atom is -0.423 e. The van der Waals surface area contributed by atoms with Crippen LogP contribution in [-0.4, -0.2) is 30.5 Å². The number of hydrogen-bond acceptors (Lipinski definition) is 4. The summed E-state index contributed by atoms with van der Waals surface area (Å²) in [6.07, 6.45) is 0. The molecule has 96 valence electrons. The van der Waals surface area contributed by atoms with Crippen LogP contribution in [0.3, 0.4) is 0 Å². The fourth-order valence-corrected chi connectivity index (χ4v) is 1.16. The molecule has 0 fully saturated rings. The number of benzene rings is 1. The van der Waals surface area contributed by atoms with Crippen molar-refractivity contribution >= 4 is 30.7 Å². The van der Waals surface area contributed by atoms with E-state index in [1.54, 1.807) is 24.3 Å². The van der Waals surface area contributed by atoms with E-state index in [0.717, 1.165) is 0 Å². The van der Waals surface area contributed by atoms with Crippen LogP contribution in [-0.2, 0) is 4.65 Å². The Labute approximate surface area is 108 Å². The van der Waals surface area contributed by atoms with Crippen molar-refractivity contribution in [3.63, 3.8) is 0 Å². The highest BCUT2D eigenvalue weighted by Gasteiger charge is 2.23. The molecule has 0 saturated heterocycles. The summed E-state index contributed by atoms with van der Waals surface area (Å²) < 4.78 is 5.28. The summed E-state index contributed by atoms with van der Waals surface area (Å²) in [5.41, 5.74) is 6.44. The molecule has 0 aliphatic carbocycles. The number of nitrogens with two attached hydrogens (primary N) is 1. The molecule has 0 unspecified atom stereocenters. The van der Waals surface area contributed by atoms with Crippen molar-refractivity contribution in [1.82, 2.24) is 0 Å². The quantitative estimate of drug-likeness (QED) is 0.529. The van der Waals surface area contributed by atoms with Gasteiger partial charge in [-0.2, -0.15) is 0 Å². The molecular weight excluding hydrogens is 240 g/mol. The summed E-state index contributed by atoms with van der Waals surface area (Å²) in [5.74, 6) is 0. The van der Waals surface area contributed by atoms with Crippen LogP contribution < -0.4 is 11.2 Å². The van der Waals surface area contributed by atoms with Crippen LogP contribution in [0.5, 0.6) is 0 Å². The van der Waals surface area contributed by atoms with Gasteiger partial charge in [-0.3, -0.25) is 0 Å². The van der Waals surface area contributed by atoms with E-state index < -0.39 is 7.12 Å². The number of hydrogen-bond donors (Lipinski definition) is 3. The van der Waals surface area contributed by atoms with Crippen molar-refractivity contribution in [2.75, 3.05) is 18.9 Å². The van der Waals surface area contributed by atoms with Crippen LogP contribution >= 0.6 is 12.4 Å². The maximum Gasteiger partial charge on any atom is 0.491 e. The molecule has 1 aromatic carbocycles. The van der Waals surface area contributed by atoms with Crippen molar-refractivity contribution in [2.45, 2.75) is 13.8 Å². The first kappa shape index (κ1) is 16.3. The average molecular weight is 260 g/mol. The predicted molar refractivity (Wildman–Crippen MR) is 72.5 cm³/mol. The van der Waals surface area contributed by atoms with Gasteiger partial charge in [0.2, 0.25) is 0 Å². The summed E-state index contributed by atoms with van der Waals surface area (Å²) in [6.45, 7) is 4.01. The van der Waals surface area contributed by atoms with Crippen LogP contribution in [0.4, 0.5) is 5.69 Å². The molecule has 4 nitrogen and oxygen atoms in total. The lowest BCUT2D eigenvalue weighted by Crippen LogP contribution is -2.37. The maximum absolute atomic E-state index is 9.74. The number of anilines is 1. The van der Waals surface area contributed by atoms with E-state index in [1.165, 1.54) is 0 Å². The predicted octanol–water partition coefficient (Wildman–Crippen LogP) is 0.413. The van der Waals surface area contributed by atoms with Gasteiger partial charge in [0.25, 0.3) is 0 Å². The lowest BCUT2D eigenvalue weighted by molar-refractivity contribution is 0.0886. The summed E-state index contributed by atoms with van der Waals surface area (Å²) in [7, 11) is -1.01. The van der Waals surface area contributed by atoms with E-state index in [0.29, 0.717) is 11.2 Å². The molecule has 0 aliphatic heterocycles. The molecule has 0 spiro atoms. The number of aliphatic hydroxyl groups excluding tert-OH is 1. The summed E-state index contributed by atoms with van der Waals surface area (Å²) >= 11 is 0. The van der Waals surface area contributed by atoms with E-state index in [-0.39, 0.29) is 31.0 Å². The Morgan fingerprint density at radius 2 is 2.06 bits per heavy atom. The summed E-state index contributed by atoms with van der Waals surface area (Å²) in [5, 5.41) is 18.8. The normalized spacial score (nSPS) is 10.8. The number of nitrogen functional groups attached to an aromatic ring is 1. The maximum atomic E-state index is 9.74. The standard InChI is InChI=1S/C11H18BNO3.ClH/c1-11(2,7-14)8-16-12(15)9-4-3-5-10(13)6-9;/h3-6,14-15H,7-8,13H2,1-2H3;1H. The molecule has 0 radical (unpaired) electrons. The topological polar surface area (TPSA) is 75.7 Å². The Morgan fingerprint density at radius 1 is 1.41 bits per heavy atom. The molecule has 1 rings (SSSR count). The van der Waals surface area contributed by atoms with Crippen molar-refractivity contribution in [2.24, 2.45) is 5.41 Å². The van der Waals surface area contributed by atoms with E-state index in [9.17, 15) is 5.02 Å². The van der Waals surface area contributed by atoms with E-state index in [1.807, 2.05) is 13.8 Å². The van der Waals surface area contributed by atoms with E-state index in [2.05, 4.69) is 0 Å². The molecule has 0 saturated carbocycles. The summed E-state index contributed by atoms with van der Waals surface area (Å²) in [4.78, 5) is 0. The highest BCUT2D eigenvalue weighted by Crippen LogP contribution is 2.13. The lowest BCUT2D eigenvalue weighted by atomic mass is 9.79. The Bertz CT molecular complexity index is 349. The van der Waals surface area contributed by atoms with Crippen LogP contribution in [0.25, 0.3) is 0 Å². The smallest absolute Gasteiger partial charge is 0.423 e. The molecule has 1 aromatic rings. The van der Waals surface area contributed by atoms with Crippen LogP contribution in [0.1, 0.15) is 13.8 Å². The highest BCUT2D eigenvalue weighted by atomic mass is 35.5. The van der Waals surface area contributed by atoms with Crippen molar-refractivity contribution < 1.29 is 14.8 Å². The van der Waals surface area contributed by atoms with Gasteiger partial charge in [-0.15, -0.1) is 12.4 Å². The Morgan fingerprint density at radius 3 is 2.59 bits per heavy atom. The highest BCUT2D eigenvalue weighted by molar-refractivity contribution is 6.60. The van der Waals surface area contributed by atoms with Gasteiger partial charge < -0.3 is 20.5 Å². The molecule has 0 aliphatic rings. The van der Waals surface area contributed by atoms with Crippen molar-refractivity contribution in [1.29, 1.82) is 0 Å². The van der Waals surface area contributed by atoms with Gasteiger partial charge in [0.05, 0.1) is 6.61 Å². The Kier molecular flexibility index (Phi) is 6.56. The molecule has 17 heavy (non-hydrogen) atoms. The second-order valence-corrected chi connectivity index (χ2v) is 4.66. The minimum absolute atomic E-state index is 0. The van der Waals surface area contributed by atoms with Gasteiger partial charge in [0.1, 0.15) is 0 Å². The third-order valence-corrected chi connectivity index (χ3v) is 2.26. The zero-order valence-electron chi connectivity index (χ0n) is 10.1. The Hall–Kier alpha value is -0.745. The fourth-order valence-electron chi connectivity index (χ4n) is 1.16. The zero-order valence-corrected chi connectivity index (χ0v) is 10.9. The van der Waals surface area contributed by atoms with Gasteiger partial charge in [-0.05, 0) is 17.6 Å². The number of halogens is 1. The monoisotopic (exact) mass is 259 g/mol. The second kappa shape index (κ2) is 6.86. The molecule has 4 N–H and O–H groups in total. The van der Waals surface area contributed by atoms with Crippen molar-refractivity contribution in [3.8, 4) is 0 Å². The minimum atomic E-state index is -1.01. The first-order valence-electron chi connectivity index (χ1n) is 5.20. The van der Waals surface area contributed by atoms with E-state index >= 15 is 0 Å². The van der Waals surface area contributed by atoms with Gasteiger partial charge in [0, 0.05) is 17.7 Å². The molecule has 0 amide bonds. The van der Waals surface area contributed by atoms with Crippen LogP contribution in [0, 0.1) is 5.41 Å². The third-order valence-electron chi connectivity index (χ3n) is 2.26. The van der Waals surface area contributed by atoms with Gasteiger partial charge in [0.15, 0.2) is 0 Å². The molecule has 0 bridgehead atoms. The van der Waals surface area contributed by atoms with Gasteiger partial charge in [-0.1, -0.05) is 26.0 Å². The molecular formula is C11H19BClNO3. The molecule has 0 atom stereocenters. The number of rotatable bonds is 5. The lowest BCUT2D eigenvalue weighted by Gasteiger charge is -2.22. The molecule has 0 aromatic heterocycles. The average Bonchev–Trinajstić information content (AvgIpc) is 2.26. The van der Waals surface area contributed by atoms with Crippen LogP contribution in [0.15, 0.2) is 24.3 Å². The van der Waals surface area contributed by atoms with Crippen LogP contribution in [0.2, 0.25) is 0 Å².